The lowest BCUT2D eigenvalue weighted by molar-refractivity contribution is -0.144. The quantitative estimate of drug-likeness (QED) is 0.0450. The van der Waals surface area contributed by atoms with Crippen LogP contribution in [0.25, 0.3) is 0 Å². The first-order valence-corrected chi connectivity index (χ1v) is 25.9. The summed E-state index contributed by atoms with van der Waals surface area (Å²) in [6, 6.07) is 0. The Morgan fingerprint density at radius 1 is 0.379 bits per heavy atom. The van der Waals surface area contributed by atoms with Crippen molar-refractivity contribution < 1.29 is 23.8 Å². The molecular formula is C52H103NO5. The van der Waals surface area contributed by atoms with Crippen molar-refractivity contribution in [3.63, 3.8) is 0 Å². The Hall–Kier alpha value is -1.14. The molecule has 0 radical (unpaired) electrons. The Morgan fingerprint density at radius 3 is 1.07 bits per heavy atom. The van der Waals surface area contributed by atoms with Crippen LogP contribution in [0.2, 0.25) is 0 Å². The fourth-order valence-corrected chi connectivity index (χ4v) is 8.47. The van der Waals surface area contributed by atoms with Gasteiger partial charge in [-0.2, -0.15) is 0 Å². The fourth-order valence-electron chi connectivity index (χ4n) is 8.47. The van der Waals surface area contributed by atoms with E-state index in [0.717, 1.165) is 82.8 Å². The van der Waals surface area contributed by atoms with Crippen molar-refractivity contribution >= 4 is 11.9 Å². The molecule has 6 nitrogen and oxygen atoms in total. The molecule has 0 aliphatic heterocycles. The molecule has 0 amide bonds. The molecule has 58 heavy (non-hydrogen) atoms. The van der Waals surface area contributed by atoms with Crippen LogP contribution in [0.15, 0.2) is 0 Å². The monoisotopic (exact) mass is 822 g/mol. The van der Waals surface area contributed by atoms with Gasteiger partial charge in [0.05, 0.1) is 19.3 Å². The van der Waals surface area contributed by atoms with Crippen LogP contribution >= 0.6 is 0 Å². The van der Waals surface area contributed by atoms with E-state index in [2.05, 4.69) is 46.7 Å². The first-order chi connectivity index (χ1) is 28.4. The molecule has 0 aliphatic carbocycles. The second-order valence-electron chi connectivity index (χ2n) is 18.4. The molecule has 0 atom stereocenters. The highest BCUT2D eigenvalue weighted by molar-refractivity contribution is 5.69. The largest absolute Gasteiger partial charge is 0.466 e. The second kappa shape index (κ2) is 45.4. The summed E-state index contributed by atoms with van der Waals surface area (Å²) in [5.41, 5.74) is 0. The lowest BCUT2D eigenvalue weighted by Gasteiger charge is -2.19. The van der Waals surface area contributed by atoms with Gasteiger partial charge in [-0.1, -0.05) is 195 Å². The summed E-state index contributed by atoms with van der Waals surface area (Å²) in [4.78, 5) is 26.9. The van der Waals surface area contributed by atoms with Gasteiger partial charge in [-0.15, -0.1) is 0 Å². The number of hydrogen-bond donors (Lipinski definition) is 0. The Morgan fingerprint density at radius 2 is 0.707 bits per heavy atom. The molecule has 0 saturated carbocycles. The number of unbranched alkanes of at least 4 members (excludes halogenated alkanes) is 18. The van der Waals surface area contributed by atoms with Gasteiger partial charge in [0.15, 0.2) is 0 Å². The number of esters is 2. The normalized spacial score (nSPS) is 11.8. The smallest absolute Gasteiger partial charge is 0.305 e. The summed E-state index contributed by atoms with van der Waals surface area (Å²) >= 11 is 0. The van der Waals surface area contributed by atoms with E-state index in [4.69, 9.17) is 14.2 Å². The number of rotatable bonds is 47. The third-order valence-corrected chi connectivity index (χ3v) is 12.3. The number of carbonyl (C=O) groups is 2. The Balaban J connectivity index is 4.09. The zero-order valence-electron chi connectivity index (χ0n) is 40.2. The van der Waals surface area contributed by atoms with Crippen molar-refractivity contribution in [2.24, 2.45) is 11.8 Å². The molecule has 0 spiro atoms. The molecular weight excluding hydrogens is 719 g/mol. The lowest BCUT2D eigenvalue weighted by atomic mass is 9.90. The summed E-state index contributed by atoms with van der Waals surface area (Å²) < 4.78 is 17.6. The summed E-state index contributed by atoms with van der Waals surface area (Å²) in [5.74, 6) is 1.71. The molecule has 0 heterocycles. The number of hydrogen-bond acceptors (Lipinski definition) is 6. The fraction of sp³-hybridized carbons (Fsp3) is 0.962. The van der Waals surface area contributed by atoms with Gasteiger partial charge >= 0.3 is 11.9 Å². The van der Waals surface area contributed by atoms with Gasteiger partial charge in [0, 0.05) is 19.4 Å². The van der Waals surface area contributed by atoms with Gasteiger partial charge in [0.2, 0.25) is 0 Å². The van der Waals surface area contributed by atoms with Crippen LogP contribution in [0.1, 0.15) is 265 Å². The van der Waals surface area contributed by atoms with E-state index in [0.29, 0.717) is 32.2 Å². The third kappa shape index (κ3) is 41.6. The summed E-state index contributed by atoms with van der Waals surface area (Å²) in [5, 5.41) is 0. The summed E-state index contributed by atoms with van der Waals surface area (Å²) in [7, 11) is 4.25. The second-order valence-corrected chi connectivity index (χ2v) is 18.4. The van der Waals surface area contributed by atoms with E-state index in [1.54, 1.807) is 0 Å². The van der Waals surface area contributed by atoms with Crippen LogP contribution < -0.4 is 0 Å². The Labute approximate surface area is 363 Å². The predicted molar refractivity (Wildman–Crippen MR) is 251 cm³/mol. The molecule has 0 bridgehead atoms. The molecule has 0 aliphatic rings. The molecule has 0 fully saturated rings. The van der Waals surface area contributed by atoms with Crippen LogP contribution in [0, 0.1) is 11.8 Å². The van der Waals surface area contributed by atoms with Gasteiger partial charge in [-0.3, -0.25) is 9.59 Å². The van der Waals surface area contributed by atoms with E-state index in [-0.39, 0.29) is 11.9 Å². The summed E-state index contributed by atoms with van der Waals surface area (Å²) in [6.07, 6.45) is 44.7. The van der Waals surface area contributed by atoms with Crippen molar-refractivity contribution in [2.45, 2.75) is 271 Å². The molecule has 0 N–H and O–H groups in total. The number of ether oxygens (including phenoxy) is 3. The molecule has 0 saturated heterocycles. The predicted octanol–water partition coefficient (Wildman–Crippen LogP) is 15.8. The van der Waals surface area contributed by atoms with E-state index in [9.17, 15) is 9.59 Å². The average Bonchev–Trinajstić information content (AvgIpc) is 3.20. The van der Waals surface area contributed by atoms with Crippen molar-refractivity contribution in [1.82, 2.24) is 4.90 Å². The van der Waals surface area contributed by atoms with E-state index < -0.39 is 0 Å². The van der Waals surface area contributed by atoms with Gasteiger partial charge in [0.25, 0.3) is 0 Å². The molecule has 0 unspecified atom stereocenters. The van der Waals surface area contributed by atoms with E-state index in [1.807, 2.05) is 0 Å². The molecule has 0 aromatic rings. The zero-order valence-corrected chi connectivity index (χ0v) is 40.2. The standard InChI is InChI=1S/C52H103NO5/c1-7-11-21-34-48(35-22-12-8-2)38-29-31-45-57-51(54)42-27-19-15-17-25-40-50(56-47-33-44-53(5)6)41-26-18-16-20-28-43-52(55)58-46-32-30-39-49(36-23-13-9-3)37-24-14-10-4/h48-50H,7-47H2,1-6H3. The maximum Gasteiger partial charge on any atom is 0.305 e. The molecule has 0 aromatic carbocycles. The lowest BCUT2D eigenvalue weighted by Crippen LogP contribution is -2.18. The van der Waals surface area contributed by atoms with Crippen molar-refractivity contribution in [1.29, 1.82) is 0 Å². The van der Waals surface area contributed by atoms with Crippen LogP contribution in [0.3, 0.4) is 0 Å². The molecule has 0 aromatic heterocycles. The number of nitrogens with zero attached hydrogens (tertiary/aromatic N) is 1. The summed E-state index contributed by atoms with van der Waals surface area (Å²) in [6.45, 7) is 12.3. The van der Waals surface area contributed by atoms with Gasteiger partial charge in [-0.25, -0.2) is 0 Å². The molecule has 0 rings (SSSR count). The topological polar surface area (TPSA) is 65.1 Å². The zero-order chi connectivity index (χ0) is 42.6. The van der Waals surface area contributed by atoms with Crippen LogP contribution in [-0.4, -0.2) is 63.4 Å². The maximum atomic E-state index is 12.3. The minimum atomic E-state index is -0.00589. The van der Waals surface area contributed by atoms with Gasteiger partial charge < -0.3 is 19.1 Å². The van der Waals surface area contributed by atoms with Crippen molar-refractivity contribution in [2.75, 3.05) is 40.5 Å². The highest BCUT2D eigenvalue weighted by Crippen LogP contribution is 2.25. The van der Waals surface area contributed by atoms with Crippen molar-refractivity contribution in [3.05, 3.63) is 0 Å². The van der Waals surface area contributed by atoms with E-state index in [1.165, 1.54) is 167 Å². The average molecular weight is 822 g/mol. The highest BCUT2D eigenvalue weighted by Gasteiger charge is 2.12. The first-order valence-electron chi connectivity index (χ1n) is 25.9. The Bertz CT molecular complexity index is 770. The van der Waals surface area contributed by atoms with Crippen LogP contribution in [0.4, 0.5) is 0 Å². The van der Waals surface area contributed by atoms with Crippen molar-refractivity contribution in [3.8, 4) is 0 Å². The highest BCUT2D eigenvalue weighted by atomic mass is 16.5. The third-order valence-electron chi connectivity index (χ3n) is 12.3. The molecule has 6 heteroatoms. The van der Waals surface area contributed by atoms with Crippen LogP contribution in [-0.2, 0) is 23.8 Å². The van der Waals surface area contributed by atoms with E-state index >= 15 is 0 Å². The molecule has 346 valence electrons. The maximum absolute atomic E-state index is 12.3. The Kier molecular flexibility index (Phi) is 44.5. The van der Waals surface area contributed by atoms with Crippen LogP contribution in [0.5, 0.6) is 0 Å². The first kappa shape index (κ1) is 56.9. The van der Waals surface area contributed by atoms with Gasteiger partial charge in [-0.05, 0) is 90.3 Å². The van der Waals surface area contributed by atoms with Gasteiger partial charge in [0.1, 0.15) is 0 Å². The minimum Gasteiger partial charge on any atom is -0.466 e. The SMILES string of the molecule is CCCCCC(CCCCC)CCCCOC(=O)CCCCCCCC(CCCCCCCC(=O)OCCCCC(CCCCC)CCCCC)OCCCN(C)C. The minimum absolute atomic E-state index is 0.00589. The number of carbonyl (C=O) groups excluding carboxylic acids is 2.